The van der Waals surface area contributed by atoms with E-state index in [4.69, 9.17) is 9.47 Å². The molecule has 4 heteroatoms. The van der Waals surface area contributed by atoms with Crippen LogP contribution in [0.25, 0.3) is 0 Å². The third-order valence-electron chi connectivity index (χ3n) is 5.58. The van der Waals surface area contributed by atoms with Crippen molar-refractivity contribution >= 4 is 5.91 Å². The number of benzene rings is 1. The minimum atomic E-state index is -0.529. The molecule has 0 bridgehead atoms. The molecule has 1 amide bonds. The predicted octanol–water partition coefficient (Wildman–Crippen LogP) is 3.49. The Bertz CT molecular complexity index is 572. The number of amides is 1. The molecule has 2 aliphatic heterocycles. The molecular formula is C19H25NO3. The van der Waals surface area contributed by atoms with Gasteiger partial charge in [0.2, 0.25) is 11.7 Å². The Kier molecular flexibility index (Phi) is 4.02. The van der Waals surface area contributed by atoms with Crippen LogP contribution in [0.2, 0.25) is 0 Å². The van der Waals surface area contributed by atoms with Gasteiger partial charge in [-0.25, -0.2) is 0 Å². The van der Waals surface area contributed by atoms with Crippen LogP contribution >= 0.6 is 0 Å². The second kappa shape index (κ2) is 6.16. The maximum Gasteiger partial charge on any atom is 0.222 e. The van der Waals surface area contributed by atoms with Crippen LogP contribution in [0, 0.1) is 5.92 Å². The maximum absolute atomic E-state index is 12.5. The maximum atomic E-state index is 12.5. The fraction of sp³-hybridized carbons (Fsp3) is 0.632. The van der Waals surface area contributed by atoms with Crippen molar-refractivity contribution in [1.29, 1.82) is 0 Å². The molecule has 0 atom stereocenters. The summed E-state index contributed by atoms with van der Waals surface area (Å²) in [5.41, 5.74) is 1.11. The fourth-order valence-electron chi connectivity index (χ4n) is 4.10. The Morgan fingerprint density at radius 3 is 2.70 bits per heavy atom. The fourth-order valence-corrected chi connectivity index (χ4v) is 4.10. The lowest BCUT2D eigenvalue weighted by atomic mass is 9.99. The van der Waals surface area contributed by atoms with Crippen LogP contribution in [0.5, 0.6) is 5.75 Å². The summed E-state index contributed by atoms with van der Waals surface area (Å²) in [6.07, 6.45) is 7.30. The first-order valence-corrected chi connectivity index (χ1v) is 8.93. The van der Waals surface area contributed by atoms with Crippen LogP contribution in [0.3, 0.4) is 0 Å². The smallest absolute Gasteiger partial charge is 0.222 e. The first-order valence-electron chi connectivity index (χ1n) is 8.93. The van der Waals surface area contributed by atoms with Gasteiger partial charge in [0.05, 0.1) is 6.61 Å². The van der Waals surface area contributed by atoms with E-state index in [1.165, 1.54) is 25.7 Å². The first kappa shape index (κ1) is 15.0. The van der Waals surface area contributed by atoms with Crippen molar-refractivity contribution in [2.75, 3.05) is 13.1 Å². The molecule has 1 aromatic carbocycles. The molecule has 0 unspecified atom stereocenters. The van der Waals surface area contributed by atoms with Gasteiger partial charge in [0.25, 0.3) is 0 Å². The van der Waals surface area contributed by atoms with Crippen molar-refractivity contribution in [1.82, 2.24) is 4.90 Å². The minimum Gasteiger partial charge on any atom is -0.462 e. The van der Waals surface area contributed by atoms with E-state index in [9.17, 15) is 4.79 Å². The lowest BCUT2D eigenvalue weighted by molar-refractivity contribution is -0.227. The van der Waals surface area contributed by atoms with Gasteiger partial charge in [0, 0.05) is 37.9 Å². The highest BCUT2D eigenvalue weighted by Gasteiger charge is 2.41. The second-order valence-corrected chi connectivity index (χ2v) is 7.14. The molecule has 1 saturated heterocycles. The van der Waals surface area contributed by atoms with Gasteiger partial charge < -0.3 is 14.4 Å². The Labute approximate surface area is 137 Å². The topological polar surface area (TPSA) is 38.8 Å². The van der Waals surface area contributed by atoms with Gasteiger partial charge >= 0.3 is 0 Å². The molecule has 1 aromatic rings. The summed E-state index contributed by atoms with van der Waals surface area (Å²) in [5.74, 6) is 1.35. The standard InChI is InChI=1S/C19H25NO3/c21-18(13-15-5-1-2-6-15)20-11-9-19(10-12-20)22-14-16-7-3-4-8-17(16)23-19/h3-4,7-8,15H,1-2,5-6,9-14H2. The number of rotatable bonds is 2. The van der Waals surface area contributed by atoms with Crippen molar-refractivity contribution in [2.45, 2.75) is 57.3 Å². The molecule has 2 heterocycles. The molecule has 2 fully saturated rings. The third kappa shape index (κ3) is 3.09. The number of carbonyl (C=O) groups excluding carboxylic acids is 1. The van der Waals surface area contributed by atoms with E-state index in [0.29, 0.717) is 18.4 Å². The molecule has 3 aliphatic rings. The summed E-state index contributed by atoms with van der Waals surface area (Å²) in [4.78, 5) is 14.5. The first-order chi connectivity index (χ1) is 11.2. The molecular weight excluding hydrogens is 290 g/mol. The van der Waals surface area contributed by atoms with Gasteiger partial charge in [-0.3, -0.25) is 4.79 Å². The zero-order valence-electron chi connectivity index (χ0n) is 13.6. The molecule has 23 heavy (non-hydrogen) atoms. The second-order valence-electron chi connectivity index (χ2n) is 7.14. The zero-order chi connectivity index (χ0) is 15.7. The molecule has 1 spiro atoms. The molecule has 124 valence electrons. The lowest BCUT2D eigenvalue weighted by Crippen LogP contribution is -2.52. The number of fused-ring (bicyclic) bond motifs is 1. The Hall–Kier alpha value is -1.55. The number of hydrogen-bond acceptors (Lipinski definition) is 3. The summed E-state index contributed by atoms with van der Waals surface area (Å²) in [7, 11) is 0. The van der Waals surface area contributed by atoms with Crippen LogP contribution in [0.15, 0.2) is 24.3 Å². The predicted molar refractivity (Wildman–Crippen MR) is 87.0 cm³/mol. The molecule has 1 aliphatic carbocycles. The van der Waals surface area contributed by atoms with Crippen molar-refractivity contribution in [3.63, 3.8) is 0 Å². The highest BCUT2D eigenvalue weighted by molar-refractivity contribution is 5.76. The van der Waals surface area contributed by atoms with Crippen LogP contribution in [0.4, 0.5) is 0 Å². The van der Waals surface area contributed by atoms with Gasteiger partial charge in [-0.1, -0.05) is 31.0 Å². The number of hydrogen-bond donors (Lipinski definition) is 0. The summed E-state index contributed by atoms with van der Waals surface area (Å²) in [5, 5.41) is 0. The van der Waals surface area contributed by atoms with Gasteiger partial charge in [-0.2, -0.15) is 0 Å². The summed E-state index contributed by atoms with van der Waals surface area (Å²) >= 11 is 0. The Morgan fingerprint density at radius 1 is 1.17 bits per heavy atom. The Balaban J connectivity index is 1.35. The molecule has 0 N–H and O–H groups in total. The third-order valence-corrected chi connectivity index (χ3v) is 5.58. The number of piperidine rings is 1. The SMILES string of the molecule is O=C(CC1CCCC1)N1CCC2(CC1)OCc1ccccc1O2. The quantitative estimate of drug-likeness (QED) is 0.838. The average Bonchev–Trinajstić information content (AvgIpc) is 3.08. The van der Waals surface area contributed by atoms with Crippen molar-refractivity contribution in [3.8, 4) is 5.75 Å². The average molecular weight is 315 g/mol. The van der Waals surface area contributed by atoms with E-state index < -0.39 is 5.79 Å². The van der Waals surface area contributed by atoms with Gasteiger partial charge in [0.1, 0.15) is 5.75 Å². The van der Waals surface area contributed by atoms with E-state index >= 15 is 0 Å². The summed E-state index contributed by atoms with van der Waals surface area (Å²) in [6, 6.07) is 8.06. The summed E-state index contributed by atoms with van der Waals surface area (Å²) < 4.78 is 12.2. The number of para-hydroxylation sites is 1. The molecule has 0 aromatic heterocycles. The van der Waals surface area contributed by atoms with E-state index in [1.807, 2.05) is 29.2 Å². The Morgan fingerprint density at radius 2 is 1.91 bits per heavy atom. The lowest BCUT2D eigenvalue weighted by Gasteiger charge is -2.44. The minimum absolute atomic E-state index is 0.322. The number of ether oxygens (including phenoxy) is 2. The van der Waals surface area contributed by atoms with Crippen molar-refractivity contribution < 1.29 is 14.3 Å². The van der Waals surface area contributed by atoms with Crippen LogP contribution in [-0.4, -0.2) is 29.7 Å². The van der Waals surface area contributed by atoms with Crippen LogP contribution in [-0.2, 0) is 16.1 Å². The molecule has 4 rings (SSSR count). The van der Waals surface area contributed by atoms with Gasteiger partial charge in [-0.15, -0.1) is 0 Å². The monoisotopic (exact) mass is 315 g/mol. The normalized spacial score (nSPS) is 23.6. The van der Waals surface area contributed by atoms with E-state index in [0.717, 1.165) is 43.7 Å². The van der Waals surface area contributed by atoms with Crippen molar-refractivity contribution in [3.05, 3.63) is 29.8 Å². The van der Waals surface area contributed by atoms with Crippen LogP contribution in [0.1, 0.15) is 50.5 Å². The van der Waals surface area contributed by atoms with Gasteiger partial charge in [-0.05, 0) is 24.8 Å². The highest BCUT2D eigenvalue weighted by Crippen LogP contribution is 2.37. The van der Waals surface area contributed by atoms with E-state index in [2.05, 4.69) is 0 Å². The number of carbonyl (C=O) groups is 1. The molecule has 1 saturated carbocycles. The molecule has 0 radical (unpaired) electrons. The molecule has 4 nitrogen and oxygen atoms in total. The van der Waals surface area contributed by atoms with E-state index in [1.54, 1.807) is 0 Å². The van der Waals surface area contributed by atoms with Crippen LogP contribution < -0.4 is 4.74 Å². The van der Waals surface area contributed by atoms with Gasteiger partial charge in [0.15, 0.2) is 0 Å². The highest BCUT2D eigenvalue weighted by atomic mass is 16.7. The zero-order valence-corrected chi connectivity index (χ0v) is 13.6. The number of nitrogens with zero attached hydrogens (tertiary/aromatic N) is 1. The largest absolute Gasteiger partial charge is 0.462 e. The van der Waals surface area contributed by atoms with E-state index in [-0.39, 0.29) is 0 Å². The van der Waals surface area contributed by atoms with Crippen molar-refractivity contribution in [2.24, 2.45) is 5.92 Å². The summed E-state index contributed by atoms with van der Waals surface area (Å²) in [6.45, 7) is 2.09. The number of likely N-dealkylation sites (tertiary alicyclic amines) is 1.